The highest BCUT2D eigenvalue weighted by atomic mass is 19.1. The molecule has 0 spiro atoms. The quantitative estimate of drug-likeness (QED) is 0.597. The number of amides is 1. The Morgan fingerprint density at radius 2 is 2.19 bits per heavy atom. The van der Waals surface area contributed by atoms with Crippen molar-refractivity contribution in [3.05, 3.63) is 24.0 Å². The third-order valence-corrected chi connectivity index (χ3v) is 2.23. The molecule has 0 aliphatic rings. The summed E-state index contributed by atoms with van der Waals surface area (Å²) in [6, 6.07) is 3.66. The topological polar surface area (TPSA) is 49.3 Å². The standard InChI is InChI=1S/C12H16FNO2/c1-2-3-4-5-12(16)14-11-7-6-9(15)8-10(11)13/h6-8,15H,2-5H2,1H3,(H,14,16). The van der Waals surface area contributed by atoms with E-state index in [1.54, 1.807) is 0 Å². The molecule has 0 fully saturated rings. The number of hydrogen-bond donors (Lipinski definition) is 2. The Balaban J connectivity index is 2.49. The molecule has 1 amide bonds. The second kappa shape index (κ2) is 6.10. The molecule has 0 aromatic heterocycles. The summed E-state index contributed by atoms with van der Waals surface area (Å²) in [5.74, 6) is -0.969. The van der Waals surface area contributed by atoms with Crippen LogP contribution in [0.3, 0.4) is 0 Å². The SMILES string of the molecule is CCCCCC(=O)Nc1ccc(O)cc1F. The molecule has 4 heteroatoms. The third-order valence-electron chi connectivity index (χ3n) is 2.23. The van der Waals surface area contributed by atoms with Gasteiger partial charge in [0.25, 0.3) is 0 Å². The Labute approximate surface area is 94.3 Å². The van der Waals surface area contributed by atoms with Gasteiger partial charge in [-0.3, -0.25) is 4.79 Å². The minimum atomic E-state index is -0.621. The number of unbranched alkanes of at least 4 members (excludes halogenated alkanes) is 2. The molecule has 0 saturated carbocycles. The number of carbonyl (C=O) groups excluding carboxylic acids is 1. The Morgan fingerprint density at radius 1 is 1.44 bits per heavy atom. The number of phenols is 1. The van der Waals surface area contributed by atoms with Crippen molar-refractivity contribution in [3.8, 4) is 5.75 Å². The number of hydrogen-bond acceptors (Lipinski definition) is 2. The van der Waals surface area contributed by atoms with Gasteiger partial charge in [0.05, 0.1) is 5.69 Å². The molecule has 0 saturated heterocycles. The van der Waals surface area contributed by atoms with Gasteiger partial charge >= 0.3 is 0 Å². The molecule has 88 valence electrons. The van der Waals surface area contributed by atoms with Crippen molar-refractivity contribution in [3.63, 3.8) is 0 Å². The van der Waals surface area contributed by atoms with Gasteiger partial charge in [0.15, 0.2) is 0 Å². The first-order chi connectivity index (χ1) is 7.63. The van der Waals surface area contributed by atoms with E-state index in [1.165, 1.54) is 12.1 Å². The van der Waals surface area contributed by atoms with Gasteiger partial charge in [-0.2, -0.15) is 0 Å². The molecule has 0 atom stereocenters. The zero-order chi connectivity index (χ0) is 12.0. The van der Waals surface area contributed by atoms with Crippen molar-refractivity contribution in [2.45, 2.75) is 32.6 Å². The van der Waals surface area contributed by atoms with E-state index in [2.05, 4.69) is 12.2 Å². The zero-order valence-electron chi connectivity index (χ0n) is 9.29. The summed E-state index contributed by atoms with van der Waals surface area (Å²) in [5.41, 5.74) is 0.110. The number of aromatic hydroxyl groups is 1. The lowest BCUT2D eigenvalue weighted by molar-refractivity contribution is -0.116. The van der Waals surface area contributed by atoms with Gasteiger partial charge in [0, 0.05) is 12.5 Å². The van der Waals surface area contributed by atoms with Crippen molar-refractivity contribution in [2.75, 3.05) is 5.32 Å². The maximum atomic E-state index is 13.2. The Morgan fingerprint density at radius 3 is 2.81 bits per heavy atom. The monoisotopic (exact) mass is 225 g/mol. The molecular weight excluding hydrogens is 209 g/mol. The van der Waals surface area contributed by atoms with Crippen LogP contribution in [0, 0.1) is 5.82 Å². The van der Waals surface area contributed by atoms with Crippen LogP contribution in [0.15, 0.2) is 18.2 Å². The summed E-state index contributed by atoms with van der Waals surface area (Å²) in [7, 11) is 0. The van der Waals surface area contributed by atoms with E-state index in [-0.39, 0.29) is 17.3 Å². The molecular formula is C12H16FNO2. The van der Waals surface area contributed by atoms with Gasteiger partial charge in [0.2, 0.25) is 5.91 Å². The van der Waals surface area contributed by atoms with Crippen LogP contribution in [0.1, 0.15) is 32.6 Å². The molecule has 1 rings (SSSR count). The number of carbonyl (C=O) groups is 1. The first-order valence-electron chi connectivity index (χ1n) is 5.42. The van der Waals surface area contributed by atoms with Crippen LogP contribution in [0.5, 0.6) is 5.75 Å². The first-order valence-corrected chi connectivity index (χ1v) is 5.42. The first kappa shape index (κ1) is 12.5. The number of nitrogens with one attached hydrogen (secondary N) is 1. The minimum Gasteiger partial charge on any atom is -0.508 e. The van der Waals surface area contributed by atoms with Crippen molar-refractivity contribution < 1.29 is 14.3 Å². The van der Waals surface area contributed by atoms with E-state index in [4.69, 9.17) is 5.11 Å². The molecule has 2 N–H and O–H groups in total. The van der Waals surface area contributed by atoms with Crippen LogP contribution >= 0.6 is 0 Å². The second-order valence-corrected chi connectivity index (χ2v) is 3.67. The Bertz CT molecular complexity index is 366. The lowest BCUT2D eigenvalue weighted by atomic mass is 10.2. The normalized spacial score (nSPS) is 10.1. The average molecular weight is 225 g/mol. The molecule has 0 heterocycles. The second-order valence-electron chi connectivity index (χ2n) is 3.67. The lowest BCUT2D eigenvalue weighted by Crippen LogP contribution is -2.12. The largest absolute Gasteiger partial charge is 0.508 e. The van der Waals surface area contributed by atoms with Crippen LogP contribution in [-0.2, 0) is 4.79 Å². The summed E-state index contributed by atoms with van der Waals surface area (Å²) in [4.78, 5) is 11.4. The molecule has 0 unspecified atom stereocenters. The number of anilines is 1. The molecule has 0 bridgehead atoms. The summed E-state index contributed by atoms with van der Waals surface area (Å²) in [6.07, 6.45) is 3.24. The van der Waals surface area contributed by atoms with E-state index >= 15 is 0 Å². The van der Waals surface area contributed by atoms with Gasteiger partial charge in [-0.1, -0.05) is 19.8 Å². The summed E-state index contributed by atoms with van der Waals surface area (Å²) >= 11 is 0. The molecule has 0 aliphatic heterocycles. The van der Waals surface area contributed by atoms with E-state index in [1.807, 2.05) is 0 Å². The average Bonchev–Trinajstić information content (AvgIpc) is 2.23. The van der Waals surface area contributed by atoms with E-state index < -0.39 is 5.82 Å². The highest BCUT2D eigenvalue weighted by molar-refractivity contribution is 5.90. The number of halogens is 1. The maximum Gasteiger partial charge on any atom is 0.224 e. The minimum absolute atomic E-state index is 0.110. The van der Waals surface area contributed by atoms with Crippen molar-refractivity contribution in [2.24, 2.45) is 0 Å². The summed E-state index contributed by atoms with van der Waals surface area (Å²) in [5, 5.41) is 11.5. The smallest absolute Gasteiger partial charge is 0.224 e. The molecule has 16 heavy (non-hydrogen) atoms. The zero-order valence-corrected chi connectivity index (χ0v) is 9.29. The van der Waals surface area contributed by atoms with Gasteiger partial charge in [-0.15, -0.1) is 0 Å². The van der Waals surface area contributed by atoms with Gasteiger partial charge < -0.3 is 10.4 Å². The van der Waals surface area contributed by atoms with Crippen LogP contribution in [-0.4, -0.2) is 11.0 Å². The molecule has 0 radical (unpaired) electrons. The Kier molecular flexibility index (Phi) is 4.76. The molecule has 1 aromatic rings. The molecule has 3 nitrogen and oxygen atoms in total. The fourth-order valence-corrected chi connectivity index (χ4v) is 1.35. The lowest BCUT2D eigenvalue weighted by Gasteiger charge is -2.06. The predicted molar refractivity (Wildman–Crippen MR) is 60.8 cm³/mol. The van der Waals surface area contributed by atoms with E-state index in [9.17, 15) is 9.18 Å². The van der Waals surface area contributed by atoms with Gasteiger partial charge in [0.1, 0.15) is 11.6 Å². The fraction of sp³-hybridized carbons (Fsp3) is 0.417. The van der Waals surface area contributed by atoms with Gasteiger partial charge in [-0.05, 0) is 18.6 Å². The number of phenolic OH excluding ortho intramolecular Hbond substituents is 1. The van der Waals surface area contributed by atoms with Crippen LogP contribution in [0.25, 0.3) is 0 Å². The van der Waals surface area contributed by atoms with Gasteiger partial charge in [-0.25, -0.2) is 4.39 Å². The molecule has 1 aromatic carbocycles. The highest BCUT2D eigenvalue weighted by Crippen LogP contribution is 2.19. The summed E-state index contributed by atoms with van der Waals surface area (Å²) in [6.45, 7) is 2.05. The van der Waals surface area contributed by atoms with Crippen molar-refractivity contribution in [1.29, 1.82) is 0 Å². The highest BCUT2D eigenvalue weighted by Gasteiger charge is 2.07. The van der Waals surface area contributed by atoms with E-state index in [0.29, 0.717) is 6.42 Å². The van der Waals surface area contributed by atoms with Crippen LogP contribution in [0.2, 0.25) is 0 Å². The predicted octanol–water partition coefficient (Wildman–Crippen LogP) is 3.05. The maximum absolute atomic E-state index is 13.2. The number of rotatable bonds is 5. The van der Waals surface area contributed by atoms with Crippen molar-refractivity contribution in [1.82, 2.24) is 0 Å². The Hall–Kier alpha value is -1.58. The summed E-state index contributed by atoms with van der Waals surface area (Å²) < 4.78 is 13.2. The fourth-order valence-electron chi connectivity index (χ4n) is 1.35. The van der Waals surface area contributed by atoms with Crippen LogP contribution < -0.4 is 5.32 Å². The van der Waals surface area contributed by atoms with Crippen LogP contribution in [0.4, 0.5) is 10.1 Å². The van der Waals surface area contributed by atoms with Crippen molar-refractivity contribution >= 4 is 11.6 Å². The number of benzene rings is 1. The third kappa shape index (κ3) is 3.88. The molecule has 0 aliphatic carbocycles. The van der Waals surface area contributed by atoms with E-state index in [0.717, 1.165) is 25.3 Å².